The lowest BCUT2D eigenvalue weighted by Crippen LogP contribution is -2.57. The molecule has 2 aliphatic rings. The van der Waals surface area contributed by atoms with Crippen molar-refractivity contribution in [2.24, 2.45) is 17.6 Å². The highest BCUT2D eigenvalue weighted by atomic mass is 16.5. The summed E-state index contributed by atoms with van der Waals surface area (Å²) >= 11 is 0. The van der Waals surface area contributed by atoms with E-state index in [-0.39, 0.29) is 31.1 Å². The molecular weight excluding hydrogens is 939 g/mol. The fraction of sp³-hybridized carbons (Fsp3) is 0.552. The number of nitrogens with two attached hydrogens (primary N) is 1. The van der Waals surface area contributed by atoms with E-state index in [1.165, 1.54) is 51.4 Å². The first-order chi connectivity index (χ1) is 35.6. The second kappa shape index (κ2) is 30.8. The molecule has 0 spiro atoms. The quantitative estimate of drug-likeness (QED) is 0.0400. The zero-order chi connectivity index (χ0) is 53.4. The molecule has 16 heteroatoms. The van der Waals surface area contributed by atoms with Gasteiger partial charge in [0.25, 0.3) is 5.91 Å². The minimum absolute atomic E-state index is 0.0442. The minimum Gasteiger partial charge on any atom is -0.492 e. The number of likely N-dealkylation sites (tertiary alicyclic amines) is 2. The number of nitrogens with zero attached hydrogens (tertiary/aromatic N) is 2. The Kier molecular flexibility index (Phi) is 24.4. The van der Waals surface area contributed by atoms with Gasteiger partial charge in [0.1, 0.15) is 42.8 Å². The molecule has 7 N–H and O–H groups in total. The van der Waals surface area contributed by atoms with E-state index in [2.05, 4.69) is 62.3 Å². The molecule has 404 valence electrons. The normalized spacial score (nSPS) is 15.7. The van der Waals surface area contributed by atoms with Gasteiger partial charge >= 0.3 is 5.97 Å². The molecule has 0 aliphatic carbocycles. The first-order valence-electron chi connectivity index (χ1n) is 27.0. The fourth-order valence-electron chi connectivity index (χ4n) is 9.64. The van der Waals surface area contributed by atoms with E-state index in [0.717, 1.165) is 78.6 Å². The summed E-state index contributed by atoms with van der Waals surface area (Å²) in [6, 6.07) is 20.3. The number of ether oxygens (including phenoxy) is 2. The van der Waals surface area contributed by atoms with E-state index in [0.29, 0.717) is 25.2 Å². The van der Waals surface area contributed by atoms with Crippen LogP contribution in [0.4, 0.5) is 0 Å². The van der Waals surface area contributed by atoms with Gasteiger partial charge < -0.3 is 41.6 Å². The van der Waals surface area contributed by atoms with Gasteiger partial charge in [0, 0.05) is 25.1 Å². The predicted molar refractivity (Wildman–Crippen MR) is 289 cm³/mol. The van der Waals surface area contributed by atoms with Gasteiger partial charge in [-0.1, -0.05) is 96.7 Å². The van der Waals surface area contributed by atoms with Crippen LogP contribution < -0.4 is 36.5 Å². The maximum absolute atomic E-state index is 13.8. The molecule has 0 unspecified atom stereocenters. The van der Waals surface area contributed by atoms with Crippen molar-refractivity contribution in [2.45, 2.75) is 136 Å². The lowest BCUT2D eigenvalue weighted by Gasteiger charge is -2.26. The molecule has 74 heavy (non-hydrogen) atoms. The largest absolute Gasteiger partial charge is 0.492 e. The Bertz CT molecular complexity index is 2230. The monoisotopic (exact) mass is 1020 g/mol. The number of nitrogens with one attached hydrogen (secondary N) is 4. The van der Waals surface area contributed by atoms with Crippen molar-refractivity contribution >= 4 is 46.7 Å². The van der Waals surface area contributed by atoms with Crippen LogP contribution in [0.5, 0.6) is 11.5 Å². The molecule has 3 atom stereocenters. The van der Waals surface area contributed by atoms with Gasteiger partial charge in [-0.2, -0.15) is 0 Å². The number of carbonyl (C=O) groups excluding carboxylic acids is 5. The van der Waals surface area contributed by atoms with Crippen molar-refractivity contribution in [2.75, 3.05) is 59.0 Å². The number of carboxylic acids is 1. The maximum atomic E-state index is 13.8. The Balaban J connectivity index is 1.31. The van der Waals surface area contributed by atoms with Crippen LogP contribution in [-0.2, 0) is 24.0 Å². The van der Waals surface area contributed by atoms with Crippen LogP contribution in [0.15, 0.2) is 72.8 Å². The summed E-state index contributed by atoms with van der Waals surface area (Å²) in [6.45, 7) is 16.6. The number of carbonyl (C=O) groups is 6. The molecule has 16 nitrogen and oxygen atoms in total. The number of hydrogen-bond acceptors (Lipinski definition) is 10. The lowest BCUT2D eigenvalue weighted by molar-refractivity contribution is -0.138. The fourth-order valence-corrected chi connectivity index (χ4v) is 9.64. The van der Waals surface area contributed by atoms with Crippen LogP contribution in [0.2, 0.25) is 0 Å². The second-order valence-electron chi connectivity index (χ2n) is 20.6. The first kappa shape index (κ1) is 58.6. The van der Waals surface area contributed by atoms with Gasteiger partial charge in [0.05, 0.1) is 6.54 Å². The molecule has 2 saturated heterocycles. The summed E-state index contributed by atoms with van der Waals surface area (Å²) in [4.78, 5) is 82.6. The average Bonchev–Trinajstić information content (AvgIpc) is 3.81. The van der Waals surface area contributed by atoms with Gasteiger partial charge in [-0.15, -0.1) is 0 Å². The predicted octanol–water partition coefficient (Wildman–Crippen LogP) is 7.19. The van der Waals surface area contributed by atoms with Gasteiger partial charge in [-0.05, 0) is 154 Å². The van der Waals surface area contributed by atoms with Crippen LogP contribution in [0.1, 0.15) is 145 Å². The van der Waals surface area contributed by atoms with Crippen LogP contribution in [0.25, 0.3) is 11.1 Å². The molecule has 0 aromatic heterocycles. The number of hydrogen-bond donors (Lipinski definition) is 6. The summed E-state index contributed by atoms with van der Waals surface area (Å²) in [5.74, 6) is -2.98. The average molecular weight is 1020 g/mol. The van der Waals surface area contributed by atoms with E-state index >= 15 is 0 Å². The summed E-state index contributed by atoms with van der Waals surface area (Å²) in [5, 5.41) is 19.8. The van der Waals surface area contributed by atoms with E-state index in [1.807, 2.05) is 70.2 Å². The van der Waals surface area contributed by atoms with Crippen molar-refractivity contribution in [1.82, 2.24) is 31.1 Å². The molecular formula is C58H83N7O9. The molecule has 2 heterocycles. The third-order valence-electron chi connectivity index (χ3n) is 13.6. The van der Waals surface area contributed by atoms with Crippen LogP contribution >= 0.6 is 0 Å². The molecule has 3 aromatic rings. The summed E-state index contributed by atoms with van der Waals surface area (Å²) in [6.07, 6.45) is 10.5. The van der Waals surface area contributed by atoms with Gasteiger partial charge in [-0.3, -0.25) is 38.6 Å². The molecule has 5 amide bonds. The standard InChI is InChI=1S/C58H83N7O9/c1-6-48(54(42-18-22-46(23-19-42)73-34-32-64-28-11-7-8-12-29-64)43-20-24-47(25-21-43)74-35-33-65-30-13-9-10-14-31-65)44-16-15-17-45(38-44)56(70)60-39-52(66)61-50(36-40(2)3)57(71)63-51(37-41(4)5)58(72)62-49(55(59)69)26-27-53(67)68/h15-25,38,40-41,49-51H,6-14,26-37,39H2,1-5H3,(H2,59,69)(H,60,70)(H,61,66)(H,62,72)(H,63,71)(H,67,68)/t49-,50-,51-/m0/s1. The van der Waals surface area contributed by atoms with Gasteiger partial charge in [-0.25, -0.2) is 0 Å². The highest BCUT2D eigenvalue weighted by molar-refractivity contribution is 6.02. The Labute approximate surface area is 438 Å². The van der Waals surface area contributed by atoms with Gasteiger partial charge in [0.15, 0.2) is 0 Å². The minimum atomic E-state index is -1.25. The number of allylic oxidation sites excluding steroid dienone is 1. The molecule has 5 rings (SSSR count). The first-order valence-corrected chi connectivity index (χ1v) is 27.0. The van der Waals surface area contributed by atoms with E-state index in [1.54, 1.807) is 6.07 Å². The van der Waals surface area contributed by atoms with E-state index in [4.69, 9.17) is 20.3 Å². The van der Waals surface area contributed by atoms with Crippen molar-refractivity contribution in [3.63, 3.8) is 0 Å². The van der Waals surface area contributed by atoms with Crippen LogP contribution in [0, 0.1) is 11.8 Å². The number of rotatable bonds is 28. The molecule has 2 fully saturated rings. The topological polar surface area (TPSA) is 222 Å². The molecule has 2 aliphatic heterocycles. The Morgan fingerprint density at radius 1 is 0.608 bits per heavy atom. The SMILES string of the molecule is CCC(=C(c1ccc(OCCN2CCCCCC2)cc1)c1ccc(OCCN2CCCCCC2)cc1)c1cccc(C(=O)NCC(=O)N[C@@H](CC(C)C)C(=O)N[C@@H](CC(C)C)C(=O)N[C@@H](CCC(=O)O)C(N)=O)c1. The van der Waals surface area contributed by atoms with Crippen LogP contribution in [-0.4, -0.2) is 128 Å². The van der Waals surface area contributed by atoms with Crippen molar-refractivity contribution in [3.05, 3.63) is 95.1 Å². The van der Waals surface area contributed by atoms with E-state index in [9.17, 15) is 28.8 Å². The molecule has 3 aromatic carbocycles. The number of aliphatic carboxylic acids is 1. The molecule has 0 saturated carbocycles. The highest BCUT2D eigenvalue weighted by Crippen LogP contribution is 2.36. The molecule has 0 radical (unpaired) electrons. The number of primary amides is 1. The highest BCUT2D eigenvalue weighted by Gasteiger charge is 2.30. The summed E-state index contributed by atoms with van der Waals surface area (Å²) in [5.41, 5.74) is 10.6. The number of carboxylic acid groups (broad SMARTS) is 1. The molecule has 0 bridgehead atoms. The Morgan fingerprint density at radius 2 is 1.07 bits per heavy atom. The summed E-state index contributed by atoms with van der Waals surface area (Å²) in [7, 11) is 0. The lowest BCUT2D eigenvalue weighted by atomic mass is 9.87. The second-order valence-corrected chi connectivity index (χ2v) is 20.6. The Hall–Kier alpha value is -6.26. The smallest absolute Gasteiger partial charge is 0.303 e. The number of benzene rings is 3. The van der Waals surface area contributed by atoms with Crippen molar-refractivity contribution in [3.8, 4) is 11.5 Å². The zero-order valence-electron chi connectivity index (χ0n) is 44.6. The Morgan fingerprint density at radius 3 is 1.51 bits per heavy atom. The van der Waals surface area contributed by atoms with E-state index < -0.39 is 66.6 Å². The third kappa shape index (κ3) is 19.9. The van der Waals surface area contributed by atoms with Crippen molar-refractivity contribution in [1.29, 1.82) is 0 Å². The number of amides is 5. The maximum Gasteiger partial charge on any atom is 0.303 e. The van der Waals surface area contributed by atoms with Crippen LogP contribution in [0.3, 0.4) is 0 Å². The van der Waals surface area contributed by atoms with Crippen molar-refractivity contribution < 1.29 is 43.3 Å². The van der Waals surface area contributed by atoms with Gasteiger partial charge in [0.2, 0.25) is 23.6 Å². The third-order valence-corrected chi connectivity index (χ3v) is 13.6. The zero-order valence-corrected chi connectivity index (χ0v) is 44.6. The summed E-state index contributed by atoms with van der Waals surface area (Å²) < 4.78 is 12.5.